The van der Waals surface area contributed by atoms with E-state index in [2.05, 4.69) is 9.97 Å². The summed E-state index contributed by atoms with van der Waals surface area (Å²) in [6, 6.07) is 19.3. The lowest BCUT2D eigenvalue weighted by Gasteiger charge is -2.07. The molecular weight excluding hydrogens is 370 g/mol. The third kappa shape index (κ3) is 5.24. The number of benzene rings is 2. The first-order chi connectivity index (χ1) is 13.7. The predicted molar refractivity (Wildman–Crippen MR) is 112 cm³/mol. The van der Waals surface area contributed by atoms with E-state index in [4.69, 9.17) is 4.74 Å². The number of aryl methyl sites for hydroxylation is 1. The number of H-pyrrole nitrogens is 1. The lowest BCUT2D eigenvalue weighted by Crippen LogP contribution is -2.14. The molecule has 0 aliphatic carbocycles. The Morgan fingerprint density at radius 3 is 2.57 bits per heavy atom. The molecule has 1 N–H and O–H groups in total. The van der Waals surface area contributed by atoms with Gasteiger partial charge < -0.3 is 9.72 Å². The fourth-order valence-electron chi connectivity index (χ4n) is 2.63. The first-order valence-electron chi connectivity index (χ1n) is 9.09. The molecule has 0 bridgehead atoms. The van der Waals surface area contributed by atoms with E-state index >= 15 is 0 Å². The second-order valence-corrected chi connectivity index (χ2v) is 7.37. The van der Waals surface area contributed by atoms with Crippen LogP contribution in [-0.4, -0.2) is 22.3 Å². The Labute approximate surface area is 168 Å². The van der Waals surface area contributed by atoms with E-state index in [9.17, 15) is 10.1 Å². The highest BCUT2D eigenvalue weighted by Gasteiger charge is 2.13. The maximum Gasteiger partial charge on any atom is 0.270 e. The van der Waals surface area contributed by atoms with Crippen LogP contribution in [0.4, 0.5) is 0 Å². The molecule has 3 aromatic rings. The number of hydrogen-bond acceptors (Lipinski definition) is 5. The van der Waals surface area contributed by atoms with E-state index in [0.29, 0.717) is 17.5 Å². The number of thioether (sulfide) groups is 1. The fraction of sp³-hybridized carbons (Fsp3) is 0.227. The summed E-state index contributed by atoms with van der Waals surface area (Å²) in [6.07, 6.45) is 1.84. The molecule has 0 amide bonds. The molecule has 0 atom stereocenters. The molecule has 0 spiro atoms. The van der Waals surface area contributed by atoms with Gasteiger partial charge in [0.25, 0.3) is 5.56 Å². The van der Waals surface area contributed by atoms with Crippen LogP contribution in [0.1, 0.15) is 24.0 Å². The minimum absolute atomic E-state index is 0.0436. The third-order valence-electron chi connectivity index (χ3n) is 4.12. The molecule has 3 rings (SSSR count). The van der Waals surface area contributed by atoms with Gasteiger partial charge in [-0.05, 0) is 31.9 Å². The van der Waals surface area contributed by atoms with Crippen molar-refractivity contribution in [1.29, 1.82) is 5.26 Å². The molecule has 0 radical (unpaired) electrons. The average molecular weight is 391 g/mol. The first-order valence-corrected chi connectivity index (χ1v) is 10.1. The van der Waals surface area contributed by atoms with Crippen LogP contribution in [-0.2, 0) is 0 Å². The zero-order valence-corrected chi connectivity index (χ0v) is 16.5. The second-order valence-electron chi connectivity index (χ2n) is 6.29. The average Bonchev–Trinajstić information content (AvgIpc) is 2.72. The maximum absolute atomic E-state index is 12.2. The van der Waals surface area contributed by atoms with Crippen molar-refractivity contribution >= 4 is 11.8 Å². The minimum atomic E-state index is -0.401. The predicted octanol–water partition coefficient (Wildman–Crippen LogP) is 4.57. The second kappa shape index (κ2) is 9.77. The molecule has 0 unspecified atom stereocenters. The van der Waals surface area contributed by atoms with Crippen LogP contribution in [0.3, 0.4) is 0 Å². The standard InChI is InChI=1S/C22H21N3O2S/c1-16-9-11-18(12-10-16)27-13-5-6-14-28-22-24-20(17-7-3-2-4-8-17)19(15-23)21(26)25-22/h2-4,7-12H,5-6,13-14H2,1H3,(H,24,25,26). The van der Waals surface area contributed by atoms with Gasteiger partial charge in [-0.2, -0.15) is 5.26 Å². The van der Waals surface area contributed by atoms with Crippen LogP contribution in [0.5, 0.6) is 5.75 Å². The zero-order valence-electron chi connectivity index (χ0n) is 15.6. The van der Waals surface area contributed by atoms with Crippen LogP contribution in [0.2, 0.25) is 0 Å². The topological polar surface area (TPSA) is 78.8 Å². The highest BCUT2D eigenvalue weighted by molar-refractivity contribution is 7.99. The number of nitrogens with one attached hydrogen (secondary N) is 1. The summed E-state index contributed by atoms with van der Waals surface area (Å²) in [5, 5.41) is 9.83. The van der Waals surface area contributed by atoms with Gasteiger partial charge >= 0.3 is 0 Å². The fourth-order valence-corrected chi connectivity index (χ4v) is 3.49. The van der Waals surface area contributed by atoms with Crippen molar-refractivity contribution in [2.45, 2.75) is 24.9 Å². The Kier molecular flexibility index (Phi) is 6.88. The summed E-state index contributed by atoms with van der Waals surface area (Å²) in [5.41, 5.74) is 2.04. The van der Waals surface area contributed by atoms with E-state index in [-0.39, 0.29) is 5.56 Å². The van der Waals surface area contributed by atoms with Crippen LogP contribution in [0.25, 0.3) is 11.3 Å². The highest BCUT2D eigenvalue weighted by atomic mass is 32.2. The van der Waals surface area contributed by atoms with Crippen molar-refractivity contribution in [2.75, 3.05) is 12.4 Å². The Balaban J connectivity index is 1.55. The summed E-state index contributed by atoms with van der Waals surface area (Å²) in [5.74, 6) is 1.68. The van der Waals surface area contributed by atoms with Gasteiger partial charge in [0.05, 0.1) is 12.3 Å². The highest BCUT2D eigenvalue weighted by Crippen LogP contribution is 2.22. The molecule has 1 aromatic heterocycles. The SMILES string of the molecule is Cc1ccc(OCCCCSc2nc(-c3ccccc3)c(C#N)c(=O)[nH]2)cc1. The van der Waals surface area contributed by atoms with E-state index in [0.717, 1.165) is 29.9 Å². The monoisotopic (exact) mass is 391 g/mol. The molecule has 0 fully saturated rings. The van der Waals surface area contributed by atoms with Gasteiger partial charge in [0.2, 0.25) is 0 Å². The first kappa shape index (κ1) is 19.7. The van der Waals surface area contributed by atoms with Crippen LogP contribution >= 0.6 is 11.8 Å². The van der Waals surface area contributed by atoms with Crippen LogP contribution in [0, 0.1) is 18.3 Å². The number of aromatic amines is 1. The van der Waals surface area contributed by atoms with Crippen molar-refractivity contribution < 1.29 is 4.74 Å². The molecular formula is C22H21N3O2S. The lowest BCUT2D eigenvalue weighted by atomic mass is 10.1. The normalized spacial score (nSPS) is 10.4. The van der Waals surface area contributed by atoms with Gasteiger partial charge in [0.1, 0.15) is 17.4 Å². The maximum atomic E-state index is 12.2. The van der Waals surface area contributed by atoms with Gasteiger partial charge in [-0.25, -0.2) is 4.98 Å². The van der Waals surface area contributed by atoms with E-state index < -0.39 is 5.56 Å². The van der Waals surface area contributed by atoms with E-state index in [1.54, 1.807) is 0 Å². The Hall–Kier alpha value is -3.04. The molecule has 0 saturated heterocycles. The Morgan fingerprint density at radius 1 is 1.11 bits per heavy atom. The lowest BCUT2D eigenvalue weighted by molar-refractivity contribution is 0.310. The molecule has 0 saturated carbocycles. The number of hydrogen-bond donors (Lipinski definition) is 1. The summed E-state index contributed by atoms with van der Waals surface area (Å²) in [4.78, 5) is 19.4. The van der Waals surface area contributed by atoms with E-state index in [1.807, 2.05) is 67.6 Å². The smallest absolute Gasteiger partial charge is 0.270 e. The van der Waals surface area contributed by atoms with Gasteiger partial charge in [0, 0.05) is 11.3 Å². The van der Waals surface area contributed by atoms with Crippen LogP contribution < -0.4 is 10.3 Å². The molecule has 142 valence electrons. The molecule has 2 aromatic carbocycles. The van der Waals surface area contributed by atoms with Gasteiger partial charge in [0.15, 0.2) is 5.16 Å². The van der Waals surface area contributed by atoms with Crippen molar-refractivity contribution in [3.8, 4) is 23.1 Å². The molecule has 28 heavy (non-hydrogen) atoms. The molecule has 0 aliphatic rings. The number of rotatable bonds is 8. The summed E-state index contributed by atoms with van der Waals surface area (Å²) in [6.45, 7) is 2.70. The van der Waals surface area contributed by atoms with E-state index in [1.165, 1.54) is 17.3 Å². The number of nitriles is 1. The summed E-state index contributed by atoms with van der Waals surface area (Å²) < 4.78 is 5.72. The quantitative estimate of drug-likeness (QED) is 0.346. The van der Waals surface area contributed by atoms with Crippen molar-refractivity contribution in [3.05, 3.63) is 76.1 Å². The largest absolute Gasteiger partial charge is 0.494 e. The number of nitrogens with zero attached hydrogens (tertiary/aromatic N) is 2. The van der Waals surface area contributed by atoms with Gasteiger partial charge in [-0.3, -0.25) is 4.79 Å². The molecule has 5 nitrogen and oxygen atoms in total. The third-order valence-corrected chi connectivity index (χ3v) is 5.08. The summed E-state index contributed by atoms with van der Waals surface area (Å²) >= 11 is 1.48. The van der Waals surface area contributed by atoms with Crippen LogP contribution in [0.15, 0.2) is 64.5 Å². The van der Waals surface area contributed by atoms with Crippen molar-refractivity contribution in [3.63, 3.8) is 0 Å². The number of aromatic nitrogens is 2. The number of ether oxygens (including phenoxy) is 1. The van der Waals surface area contributed by atoms with Crippen molar-refractivity contribution in [2.24, 2.45) is 0 Å². The molecule has 0 aliphatic heterocycles. The molecule has 6 heteroatoms. The Morgan fingerprint density at radius 2 is 1.86 bits per heavy atom. The Bertz CT molecular complexity index is 1010. The summed E-state index contributed by atoms with van der Waals surface area (Å²) in [7, 11) is 0. The number of unbranched alkanes of at least 4 members (excludes halogenated alkanes) is 1. The van der Waals surface area contributed by atoms with Gasteiger partial charge in [-0.1, -0.05) is 59.8 Å². The zero-order chi connectivity index (χ0) is 19.8. The van der Waals surface area contributed by atoms with Gasteiger partial charge in [-0.15, -0.1) is 0 Å². The molecule has 1 heterocycles. The van der Waals surface area contributed by atoms with Crippen molar-refractivity contribution in [1.82, 2.24) is 9.97 Å². The minimum Gasteiger partial charge on any atom is -0.494 e.